The first kappa shape index (κ1) is 19.0. The minimum atomic E-state index is -0.412. The van der Waals surface area contributed by atoms with Crippen LogP contribution in [0.15, 0.2) is 48.5 Å². The lowest BCUT2D eigenvalue weighted by Crippen LogP contribution is -2.34. The third-order valence-corrected chi connectivity index (χ3v) is 4.58. The van der Waals surface area contributed by atoms with E-state index >= 15 is 0 Å². The van der Waals surface area contributed by atoms with E-state index in [0.717, 1.165) is 18.6 Å². The van der Waals surface area contributed by atoms with Crippen molar-refractivity contribution in [1.29, 1.82) is 0 Å². The van der Waals surface area contributed by atoms with Gasteiger partial charge in [-0.25, -0.2) is 9.18 Å². The summed E-state index contributed by atoms with van der Waals surface area (Å²) in [7, 11) is 1.66. The van der Waals surface area contributed by atoms with Crippen LogP contribution in [0.2, 0.25) is 0 Å². The predicted octanol–water partition coefficient (Wildman–Crippen LogP) is 4.69. The number of anilines is 1. The van der Waals surface area contributed by atoms with Gasteiger partial charge in [0.1, 0.15) is 12.4 Å². The van der Waals surface area contributed by atoms with Crippen LogP contribution in [0, 0.1) is 5.82 Å². The summed E-state index contributed by atoms with van der Waals surface area (Å²) in [5.41, 5.74) is 0.695. The molecule has 27 heavy (non-hydrogen) atoms. The van der Waals surface area contributed by atoms with E-state index in [1.54, 1.807) is 25.2 Å². The lowest BCUT2D eigenvalue weighted by atomic mass is 10.3. The van der Waals surface area contributed by atoms with Gasteiger partial charge in [0.15, 0.2) is 11.6 Å². The molecule has 0 heterocycles. The number of carbonyl (C=O) groups excluding carboxylic acids is 1. The summed E-state index contributed by atoms with van der Waals surface area (Å²) in [5, 5.41) is 2.82. The Morgan fingerprint density at radius 1 is 1.15 bits per heavy atom. The summed E-state index contributed by atoms with van der Waals surface area (Å²) in [6.07, 6.45) is 4.99. The number of hydrogen-bond donors (Lipinski definition) is 1. The molecule has 2 amide bonds. The van der Waals surface area contributed by atoms with Crippen molar-refractivity contribution < 1.29 is 18.7 Å². The average molecular weight is 372 g/mol. The number of nitrogens with one attached hydrogen (secondary N) is 1. The van der Waals surface area contributed by atoms with Gasteiger partial charge in [-0.1, -0.05) is 12.1 Å². The number of halogens is 1. The fourth-order valence-corrected chi connectivity index (χ4v) is 2.99. The molecule has 0 saturated heterocycles. The molecular formula is C21H25FN2O3. The second-order valence-electron chi connectivity index (χ2n) is 6.68. The van der Waals surface area contributed by atoms with Gasteiger partial charge in [0, 0.05) is 12.7 Å². The maximum absolute atomic E-state index is 13.5. The Bertz CT molecular complexity index is 745. The van der Waals surface area contributed by atoms with E-state index in [0.29, 0.717) is 18.3 Å². The lowest BCUT2D eigenvalue weighted by molar-refractivity contribution is 0.206. The summed E-state index contributed by atoms with van der Waals surface area (Å²) < 4.78 is 24.8. The van der Waals surface area contributed by atoms with Gasteiger partial charge < -0.3 is 19.7 Å². The van der Waals surface area contributed by atoms with Crippen LogP contribution in [0.4, 0.5) is 14.9 Å². The zero-order valence-electron chi connectivity index (χ0n) is 15.5. The van der Waals surface area contributed by atoms with Crippen molar-refractivity contribution in [3.63, 3.8) is 0 Å². The van der Waals surface area contributed by atoms with Crippen molar-refractivity contribution in [2.75, 3.05) is 25.5 Å². The van der Waals surface area contributed by atoms with Crippen molar-refractivity contribution in [2.45, 2.75) is 31.8 Å². The normalized spacial score (nSPS) is 14.0. The maximum atomic E-state index is 13.5. The number of hydrogen-bond acceptors (Lipinski definition) is 3. The van der Waals surface area contributed by atoms with Crippen LogP contribution in [0.3, 0.4) is 0 Å². The van der Waals surface area contributed by atoms with Crippen molar-refractivity contribution in [1.82, 2.24) is 4.90 Å². The molecule has 1 aliphatic carbocycles. The van der Waals surface area contributed by atoms with E-state index in [4.69, 9.17) is 9.47 Å². The molecule has 0 aromatic heterocycles. The molecule has 1 N–H and O–H groups in total. The first-order valence-electron chi connectivity index (χ1n) is 9.28. The number of benzene rings is 2. The number of ether oxygens (including phenoxy) is 2. The zero-order valence-corrected chi connectivity index (χ0v) is 15.5. The molecule has 0 spiro atoms. The summed E-state index contributed by atoms with van der Waals surface area (Å²) in [4.78, 5) is 13.7. The SMILES string of the molecule is CN(CCOc1ccccc1F)C(=O)Nc1ccc(OC2CCCC2)cc1. The number of amides is 2. The van der Waals surface area contributed by atoms with Gasteiger partial charge in [-0.05, 0) is 62.1 Å². The smallest absolute Gasteiger partial charge is 0.321 e. The number of urea groups is 1. The van der Waals surface area contributed by atoms with Crippen LogP contribution >= 0.6 is 0 Å². The Labute approximate surface area is 159 Å². The molecule has 2 aromatic carbocycles. The van der Waals surface area contributed by atoms with Crippen LogP contribution < -0.4 is 14.8 Å². The van der Waals surface area contributed by atoms with Crippen molar-refractivity contribution in [3.8, 4) is 11.5 Å². The lowest BCUT2D eigenvalue weighted by Gasteiger charge is -2.19. The zero-order chi connectivity index (χ0) is 19.1. The minimum absolute atomic E-state index is 0.184. The van der Waals surface area contributed by atoms with Gasteiger partial charge >= 0.3 is 6.03 Å². The van der Waals surface area contributed by atoms with E-state index in [1.807, 2.05) is 24.3 Å². The predicted molar refractivity (Wildman–Crippen MR) is 103 cm³/mol. The maximum Gasteiger partial charge on any atom is 0.321 e. The molecule has 1 saturated carbocycles. The highest BCUT2D eigenvalue weighted by Crippen LogP contribution is 2.25. The van der Waals surface area contributed by atoms with Gasteiger partial charge in [-0.15, -0.1) is 0 Å². The molecule has 0 bridgehead atoms. The summed E-state index contributed by atoms with van der Waals surface area (Å²) >= 11 is 0. The van der Waals surface area contributed by atoms with E-state index in [9.17, 15) is 9.18 Å². The quantitative estimate of drug-likeness (QED) is 0.767. The van der Waals surface area contributed by atoms with Crippen LogP contribution in [0.5, 0.6) is 11.5 Å². The average Bonchev–Trinajstić information content (AvgIpc) is 3.18. The van der Waals surface area contributed by atoms with Crippen LogP contribution in [-0.4, -0.2) is 37.2 Å². The van der Waals surface area contributed by atoms with E-state index in [1.165, 1.54) is 23.8 Å². The third-order valence-electron chi connectivity index (χ3n) is 4.58. The summed E-state index contributed by atoms with van der Waals surface area (Å²) in [6, 6.07) is 13.3. The van der Waals surface area contributed by atoms with Gasteiger partial charge in [0.2, 0.25) is 0 Å². The number of carbonyl (C=O) groups is 1. The molecule has 3 rings (SSSR count). The highest BCUT2D eigenvalue weighted by atomic mass is 19.1. The fraction of sp³-hybridized carbons (Fsp3) is 0.381. The Morgan fingerprint density at radius 3 is 2.56 bits per heavy atom. The third kappa shape index (κ3) is 5.61. The highest BCUT2D eigenvalue weighted by Gasteiger charge is 2.16. The second-order valence-corrected chi connectivity index (χ2v) is 6.68. The van der Waals surface area contributed by atoms with Crippen molar-refractivity contribution in [3.05, 3.63) is 54.3 Å². The summed E-state index contributed by atoms with van der Waals surface area (Å²) in [6.45, 7) is 0.544. The number of para-hydroxylation sites is 1. The standard InChI is InChI=1S/C21H25FN2O3/c1-24(14-15-26-20-9-5-4-8-19(20)22)21(25)23-16-10-12-18(13-11-16)27-17-6-2-3-7-17/h4-5,8-13,17H,2-3,6-7,14-15H2,1H3,(H,23,25). The van der Waals surface area contributed by atoms with Gasteiger partial charge in [0.25, 0.3) is 0 Å². The van der Waals surface area contributed by atoms with Crippen LogP contribution in [0.25, 0.3) is 0 Å². The molecule has 144 valence electrons. The molecule has 1 fully saturated rings. The monoisotopic (exact) mass is 372 g/mol. The molecule has 6 heteroatoms. The Kier molecular flexibility index (Phi) is 6.52. The van der Waals surface area contributed by atoms with Crippen LogP contribution in [0.1, 0.15) is 25.7 Å². The Hall–Kier alpha value is -2.76. The Morgan fingerprint density at radius 2 is 1.85 bits per heavy atom. The van der Waals surface area contributed by atoms with E-state index in [-0.39, 0.29) is 18.4 Å². The molecular weight excluding hydrogens is 347 g/mol. The highest BCUT2D eigenvalue weighted by molar-refractivity contribution is 5.89. The summed E-state index contributed by atoms with van der Waals surface area (Å²) in [5.74, 6) is 0.597. The fourth-order valence-electron chi connectivity index (χ4n) is 2.99. The number of nitrogens with zero attached hydrogens (tertiary/aromatic N) is 1. The second kappa shape index (κ2) is 9.26. The molecule has 5 nitrogen and oxygen atoms in total. The topological polar surface area (TPSA) is 50.8 Å². The van der Waals surface area contributed by atoms with Crippen LogP contribution in [-0.2, 0) is 0 Å². The molecule has 0 aliphatic heterocycles. The van der Waals surface area contributed by atoms with E-state index < -0.39 is 5.82 Å². The largest absolute Gasteiger partial charge is 0.490 e. The van der Waals surface area contributed by atoms with E-state index in [2.05, 4.69) is 5.32 Å². The molecule has 0 radical (unpaired) electrons. The van der Waals surface area contributed by atoms with Gasteiger partial charge in [0.05, 0.1) is 12.6 Å². The Balaban J connectivity index is 1.42. The molecule has 2 aromatic rings. The molecule has 1 aliphatic rings. The number of likely N-dealkylation sites (N-methyl/N-ethyl adjacent to an activating group) is 1. The number of rotatable bonds is 7. The molecule has 0 unspecified atom stereocenters. The van der Waals surface area contributed by atoms with Crippen molar-refractivity contribution in [2.24, 2.45) is 0 Å². The van der Waals surface area contributed by atoms with Gasteiger partial charge in [-0.3, -0.25) is 0 Å². The van der Waals surface area contributed by atoms with Crippen molar-refractivity contribution >= 4 is 11.7 Å². The first-order chi connectivity index (χ1) is 13.1. The molecule has 0 atom stereocenters. The van der Waals surface area contributed by atoms with Gasteiger partial charge in [-0.2, -0.15) is 0 Å². The minimum Gasteiger partial charge on any atom is -0.490 e. The first-order valence-corrected chi connectivity index (χ1v) is 9.28.